The summed E-state index contributed by atoms with van der Waals surface area (Å²) in [4.78, 5) is 11.5. The van der Waals surface area contributed by atoms with Gasteiger partial charge in [-0.2, -0.15) is 0 Å². The zero-order valence-electron chi connectivity index (χ0n) is 9.81. The standard InChI is InChI=1S/C12H13BrO5/c1-2-16-12(15)9(14)7-3-4-8(13)11-10(7)17-5-6-18-11/h3-4,9,14H,2,5-6H2,1H3. The van der Waals surface area contributed by atoms with Gasteiger partial charge in [0.15, 0.2) is 17.6 Å². The Labute approximate surface area is 113 Å². The van der Waals surface area contributed by atoms with Crippen LogP contribution in [-0.4, -0.2) is 30.9 Å². The van der Waals surface area contributed by atoms with Crippen molar-refractivity contribution in [2.24, 2.45) is 0 Å². The van der Waals surface area contributed by atoms with E-state index in [0.717, 1.165) is 4.47 Å². The highest BCUT2D eigenvalue weighted by Gasteiger charge is 2.27. The third-order valence-electron chi connectivity index (χ3n) is 2.48. The molecule has 0 fully saturated rings. The van der Waals surface area contributed by atoms with Gasteiger partial charge in [0.1, 0.15) is 13.2 Å². The van der Waals surface area contributed by atoms with E-state index in [-0.39, 0.29) is 6.61 Å². The fraction of sp³-hybridized carbons (Fsp3) is 0.417. The van der Waals surface area contributed by atoms with Crippen molar-refractivity contribution in [2.45, 2.75) is 13.0 Å². The molecule has 1 heterocycles. The van der Waals surface area contributed by atoms with Gasteiger partial charge < -0.3 is 19.3 Å². The summed E-state index contributed by atoms with van der Waals surface area (Å²) in [5.74, 6) is 0.189. The molecular weight excluding hydrogens is 304 g/mol. The van der Waals surface area contributed by atoms with Gasteiger partial charge in [-0.1, -0.05) is 6.07 Å². The van der Waals surface area contributed by atoms with Gasteiger partial charge in [0.25, 0.3) is 0 Å². The lowest BCUT2D eigenvalue weighted by Gasteiger charge is -2.23. The molecule has 5 nitrogen and oxygen atoms in total. The van der Waals surface area contributed by atoms with Crippen molar-refractivity contribution in [1.82, 2.24) is 0 Å². The van der Waals surface area contributed by atoms with Crippen LogP contribution >= 0.6 is 15.9 Å². The Balaban J connectivity index is 2.36. The average molecular weight is 317 g/mol. The summed E-state index contributed by atoms with van der Waals surface area (Å²) in [5.41, 5.74) is 0.353. The molecule has 98 valence electrons. The quantitative estimate of drug-likeness (QED) is 0.862. The summed E-state index contributed by atoms with van der Waals surface area (Å²) in [6.07, 6.45) is -1.37. The minimum Gasteiger partial charge on any atom is -0.486 e. The number of carbonyl (C=O) groups excluding carboxylic acids is 1. The number of hydrogen-bond donors (Lipinski definition) is 1. The van der Waals surface area contributed by atoms with Gasteiger partial charge >= 0.3 is 5.97 Å². The lowest BCUT2D eigenvalue weighted by molar-refractivity contribution is -0.153. The molecule has 0 saturated heterocycles. The predicted octanol–water partition coefficient (Wildman–Crippen LogP) is 1.82. The number of aliphatic hydroxyl groups is 1. The van der Waals surface area contributed by atoms with Crippen molar-refractivity contribution in [2.75, 3.05) is 19.8 Å². The number of rotatable bonds is 3. The molecular formula is C12H13BrO5. The zero-order chi connectivity index (χ0) is 13.1. The van der Waals surface area contributed by atoms with E-state index >= 15 is 0 Å². The fourth-order valence-electron chi connectivity index (χ4n) is 1.69. The number of ether oxygens (including phenoxy) is 3. The Morgan fingerprint density at radius 3 is 2.78 bits per heavy atom. The second-order valence-corrected chi connectivity index (χ2v) is 4.50. The van der Waals surface area contributed by atoms with Crippen molar-refractivity contribution in [1.29, 1.82) is 0 Å². The Kier molecular flexibility index (Phi) is 4.08. The Morgan fingerprint density at radius 2 is 2.11 bits per heavy atom. The maximum absolute atomic E-state index is 11.5. The molecule has 0 saturated carbocycles. The first-order chi connectivity index (χ1) is 8.65. The van der Waals surface area contributed by atoms with E-state index in [1.165, 1.54) is 0 Å². The van der Waals surface area contributed by atoms with Crippen LogP contribution < -0.4 is 9.47 Å². The van der Waals surface area contributed by atoms with Crippen molar-refractivity contribution < 1.29 is 24.1 Å². The normalized spacial score (nSPS) is 15.1. The van der Waals surface area contributed by atoms with Gasteiger partial charge in [0.05, 0.1) is 11.1 Å². The Hall–Kier alpha value is -1.27. The molecule has 2 rings (SSSR count). The molecule has 0 aromatic heterocycles. The summed E-state index contributed by atoms with van der Waals surface area (Å²) in [6, 6.07) is 3.31. The van der Waals surface area contributed by atoms with Crippen LogP contribution in [-0.2, 0) is 9.53 Å². The van der Waals surface area contributed by atoms with Gasteiger partial charge in [-0.3, -0.25) is 0 Å². The molecule has 1 aliphatic rings. The molecule has 1 aromatic carbocycles. The van der Waals surface area contributed by atoms with Gasteiger partial charge in [0, 0.05) is 5.56 Å². The summed E-state index contributed by atoms with van der Waals surface area (Å²) < 4.78 is 16.4. The minimum atomic E-state index is -1.37. The molecule has 0 aliphatic carbocycles. The van der Waals surface area contributed by atoms with Crippen LogP contribution in [0.5, 0.6) is 11.5 Å². The maximum Gasteiger partial charge on any atom is 0.339 e. The Bertz CT molecular complexity index is 460. The molecule has 1 N–H and O–H groups in total. The molecule has 1 aromatic rings. The molecule has 1 atom stereocenters. The van der Waals surface area contributed by atoms with Crippen molar-refractivity contribution in [3.8, 4) is 11.5 Å². The second kappa shape index (κ2) is 5.58. The van der Waals surface area contributed by atoms with Crippen LogP contribution in [0.2, 0.25) is 0 Å². The molecule has 0 bridgehead atoms. The van der Waals surface area contributed by atoms with Gasteiger partial charge in [-0.05, 0) is 28.9 Å². The number of hydrogen-bond acceptors (Lipinski definition) is 5. The third kappa shape index (κ3) is 2.44. The molecule has 1 unspecified atom stereocenters. The molecule has 1 aliphatic heterocycles. The maximum atomic E-state index is 11.5. The third-order valence-corrected chi connectivity index (χ3v) is 3.10. The topological polar surface area (TPSA) is 65.0 Å². The van der Waals surface area contributed by atoms with Crippen molar-refractivity contribution >= 4 is 21.9 Å². The molecule has 0 spiro atoms. The van der Waals surface area contributed by atoms with Crippen molar-refractivity contribution in [3.63, 3.8) is 0 Å². The number of halogens is 1. The number of aliphatic hydroxyl groups excluding tert-OH is 1. The predicted molar refractivity (Wildman–Crippen MR) is 66.7 cm³/mol. The first-order valence-electron chi connectivity index (χ1n) is 5.57. The SMILES string of the molecule is CCOC(=O)C(O)c1ccc(Br)c2c1OCCO2. The van der Waals surface area contributed by atoms with E-state index in [0.29, 0.717) is 30.3 Å². The number of benzene rings is 1. The van der Waals surface area contributed by atoms with Crippen LogP contribution in [0.3, 0.4) is 0 Å². The first-order valence-corrected chi connectivity index (χ1v) is 6.37. The van der Waals surface area contributed by atoms with Crippen LogP contribution in [0.1, 0.15) is 18.6 Å². The smallest absolute Gasteiger partial charge is 0.339 e. The zero-order valence-corrected chi connectivity index (χ0v) is 11.4. The van der Waals surface area contributed by atoms with E-state index in [2.05, 4.69) is 15.9 Å². The van der Waals surface area contributed by atoms with E-state index in [9.17, 15) is 9.90 Å². The van der Waals surface area contributed by atoms with Gasteiger partial charge in [0.2, 0.25) is 0 Å². The highest BCUT2D eigenvalue weighted by molar-refractivity contribution is 9.10. The Morgan fingerprint density at radius 1 is 1.44 bits per heavy atom. The number of esters is 1. The molecule has 0 amide bonds. The van der Waals surface area contributed by atoms with E-state index < -0.39 is 12.1 Å². The monoisotopic (exact) mass is 316 g/mol. The summed E-state index contributed by atoms with van der Waals surface area (Å²) in [7, 11) is 0. The van der Waals surface area contributed by atoms with Crippen LogP contribution in [0.15, 0.2) is 16.6 Å². The molecule has 0 radical (unpaired) electrons. The largest absolute Gasteiger partial charge is 0.486 e. The highest BCUT2D eigenvalue weighted by Crippen LogP contribution is 2.42. The van der Waals surface area contributed by atoms with E-state index in [1.807, 2.05) is 0 Å². The fourth-order valence-corrected chi connectivity index (χ4v) is 2.11. The number of fused-ring (bicyclic) bond motifs is 1. The minimum absolute atomic E-state index is 0.214. The van der Waals surface area contributed by atoms with Crippen LogP contribution in [0.25, 0.3) is 0 Å². The summed E-state index contributed by atoms with van der Waals surface area (Å²) in [5, 5.41) is 9.94. The van der Waals surface area contributed by atoms with Crippen LogP contribution in [0.4, 0.5) is 0 Å². The highest BCUT2D eigenvalue weighted by atomic mass is 79.9. The lowest BCUT2D eigenvalue weighted by Crippen LogP contribution is -2.21. The molecule has 18 heavy (non-hydrogen) atoms. The first kappa shape index (κ1) is 13.2. The average Bonchev–Trinajstić information content (AvgIpc) is 2.39. The second-order valence-electron chi connectivity index (χ2n) is 3.65. The van der Waals surface area contributed by atoms with Crippen LogP contribution in [0, 0.1) is 0 Å². The number of carbonyl (C=O) groups is 1. The summed E-state index contributed by atoms with van der Waals surface area (Å²) in [6.45, 7) is 2.71. The summed E-state index contributed by atoms with van der Waals surface area (Å²) >= 11 is 3.33. The van der Waals surface area contributed by atoms with Gasteiger partial charge in [-0.15, -0.1) is 0 Å². The van der Waals surface area contributed by atoms with Crippen molar-refractivity contribution in [3.05, 3.63) is 22.2 Å². The van der Waals surface area contributed by atoms with Gasteiger partial charge in [-0.25, -0.2) is 4.79 Å². The van der Waals surface area contributed by atoms with E-state index in [1.54, 1.807) is 19.1 Å². The molecule has 6 heteroatoms. The lowest BCUT2D eigenvalue weighted by atomic mass is 10.1. The van der Waals surface area contributed by atoms with E-state index in [4.69, 9.17) is 14.2 Å².